The number of nitrogens with one attached hydrogen (secondary N) is 1. The quantitative estimate of drug-likeness (QED) is 0.566. The zero-order chi connectivity index (χ0) is 20.1. The Morgan fingerprint density at radius 3 is 2.64 bits per heavy atom. The summed E-state index contributed by atoms with van der Waals surface area (Å²) in [4.78, 5) is 12.0. The van der Waals surface area contributed by atoms with Crippen LogP contribution in [-0.4, -0.2) is 31.2 Å². The molecule has 1 aromatic heterocycles. The average Bonchev–Trinajstić information content (AvgIpc) is 3.11. The molecule has 0 amide bonds. The summed E-state index contributed by atoms with van der Waals surface area (Å²) in [5, 5.41) is 8.80. The molecule has 10 heteroatoms. The fourth-order valence-electron chi connectivity index (χ4n) is 2.33. The molecule has 0 aliphatic heterocycles. The summed E-state index contributed by atoms with van der Waals surface area (Å²) < 4.78 is 32.7. The SMILES string of the molecule is Cc1c(Cl)cccc1S(=O)(=O)Nc1nnc(CCOC(=O)c2ccccc2)s1. The number of hydrogen-bond acceptors (Lipinski definition) is 7. The standard InChI is InChI=1S/C18H16ClN3O4S2/c1-12-14(19)8-5-9-15(12)28(24,25)22-18-21-20-16(27-18)10-11-26-17(23)13-6-3-2-4-7-13/h2-9H,10-11H2,1H3,(H,21,22). The highest BCUT2D eigenvalue weighted by atomic mass is 35.5. The van der Waals surface area contributed by atoms with Crippen LogP contribution in [0, 0.1) is 6.92 Å². The first-order chi connectivity index (χ1) is 13.4. The number of esters is 1. The van der Waals surface area contributed by atoms with Crippen LogP contribution in [0.25, 0.3) is 0 Å². The minimum Gasteiger partial charge on any atom is -0.462 e. The van der Waals surface area contributed by atoms with Crippen LogP contribution in [0.1, 0.15) is 20.9 Å². The molecular weight excluding hydrogens is 422 g/mol. The van der Waals surface area contributed by atoms with Crippen LogP contribution >= 0.6 is 22.9 Å². The van der Waals surface area contributed by atoms with Crippen LogP contribution in [0.3, 0.4) is 0 Å². The molecule has 1 heterocycles. The molecule has 0 saturated heterocycles. The maximum atomic E-state index is 12.5. The van der Waals surface area contributed by atoms with Gasteiger partial charge >= 0.3 is 5.97 Å². The van der Waals surface area contributed by atoms with Gasteiger partial charge in [-0.15, -0.1) is 10.2 Å². The molecule has 0 bridgehead atoms. The Labute approximate surface area is 171 Å². The van der Waals surface area contributed by atoms with Crippen molar-refractivity contribution < 1.29 is 17.9 Å². The van der Waals surface area contributed by atoms with Crippen LogP contribution in [0.5, 0.6) is 0 Å². The van der Waals surface area contributed by atoms with E-state index in [1.54, 1.807) is 43.3 Å². The van der Waals surface area contributed by atoms with Crippen LogP contribution in [0.2, 0.25) is 5.02 Å². The highest BCUT2D eigenvalue weighted by molar-refractivity contribution is 7.93. The number of nitrogens with zero attached hydrogens (tertiary/aromatic N) is 2. The van der Waals surface area contributed by atoms with Gasteiger partial charge in [0.05, 0.1) is 17.1 Å². The number of hydrogen-bond donors (Lipinski definition) is 1. The lowest BCUT2D eigenvalue weighted by Crippen LogP contribution is -2.14. The highest BCUT2D eigenvalue weighted by Crippen LogP contribution is 2.26. The van der Waals surface area contributed by atoms with Crippen molar-refractivity contribution >= 4 is 44.1 Å². The lowest BCUT2D eigenvalue weighted by Gasteiger charge is -2.08. The molecule has 7 nitrogen and oxygen atoms in total. The molecule has 0 aliphatic rings. The summed E-state index contributed by atoms with van der Waals surface area (Å²) in [6, 6.07) is 13.3. The number of sulfonamides is 1. The van der Waals surface area contributed by atoms with E-state index in [4.69, 9.17) is 16.3 Å². The summed E-state index contributed by atoms with van der Waals surface area (Å²) in [6.45, 7) is 1.74. The molecule has 0 atom stereocenters. The maximum absolute atomic E-state index is 12.5. The summed E-state index contributed by atoms with van der Waals surface area (Å²) in [5.41, 5.74) is 0.916. The van der Waals surface area contributed by atoms with Gasteiger partial charge in [-0.25, -0.2) is 13.2 Å². The van der Waals surface area contributed by atoms with E-state index < -0.39 is 16.0 Å². The van der Waals surface area contributed by atoms with Crippen molar-refractivity contribution in [1.29, 1.82) is 0 Å². The van der Waals surface area contributed by atoms with E-state index in [0.29, 0.717) is 27.6 Å². The number of ether oxygens (including phenoxy) is 1. The number of anilines is 1. The largest absolute Gasteiger partial charge is 0.462 e. The first kappa shape index (κ1) is 20.2. The Morgan fingerprint density at radius 1 is 1.14 bits per heavy atom. The van der Waals surface area contributed by atoms with Crippen molar-refractivity contribution in [2.24, 2.45) is 0 Å². The lowest BCUT2D eigenvalue weighted by atomic mass is 10.2. The van der Waals surface area contributed by atoms with E-state index in [1.807, 2.05) is 6.07 Å². The van der Waals surface area contributed by atoms with Crippen molar-refractivity contribution in [2.75, 3.05) is 11.3 Å². The summed E-state index contributed by atoms with van der Waals surface area (Å²) in [5.74, 6) is -0.428. The zero-order valence-corrected chi connectivity index (χ0v) is 17.1. The Balaban J connectivity index is 1.60. The Morgan fingerprint density at radius 2 is 1.89 bits per heavy atom. The number of benzene rings is 2. The van der Waals surface area contributed by atoms with Crippen molar-refractivity contribution in [2.45, 2.75) is 18.2 Å². The lowest BCUT2D eigenvalue weighted by molar-refractivity contribution is 0.0509. The average molecular weight is 438 g/mol. The Kier molecular flexibility index (Phi) is 6.28. The molecule has 1 N–H and O–H groups in total. The molecule has 3 aromatic rings. The van der Waals surface area contributed by atoms with Crippen molar-refractivity contribution in [3.05, 3.63) is 69.7 Å². The van der Waals surface area contributed by atoms with Gasteiger partial charge < -0.3 is 4.74 Å². The molecular formula is C18H16ClN3O4S2. The summed E-state index contributed by atoms with van der Waals surface area (Å²) >= 11 is 7.07. The molecule has 0 radical (unpaired) electrons. The molecule has 2 aromatic carbocycles. The van der Waals surface area contributed by atoms with Crippen LogP contribution in [0.15, 0.2) is 53.4 Å². The molecule has 3 rings (SSSR count). The zero-order valence-electron chi connectivity index (χ0n) is 14.8. The van der Waals surface area contributed by atoms with Gasteiger partial charge in [0.15, 0.2) is 0 Å². The fraction of sp³-hybridized carbons (Fsp3) is 0.167. The molecule has 0 fully saturated rings. The van der Waals surface area contributed by atoms with Gasteiger partial charge in [-0.3, -0.25) is 4.72 Å². The Bertz CT molecular complexity index is 1090. The maximum Gasteiger partial charge on any atom is 0.338 e. The topological polar surface area (TPSA) is 98.2 Å². The van der Waals surface area contributed by atoms with Gasteiger partial charge in [-0.2, -0.15) is 0 Å². The smallest absolute Gasteiger partial charge is 0.338 e. The number of aromatic nitrogens is 2. The third-order valence-corrected chi connectivity index (χ3v) is 6.68. The van der Waals surface area contributed by atoms with E-state index in [0.717, 1.165) is 11.3 Å². The van der Waals surface area contributed by atoms with Crippen molar-refractivity contribution in [3.8, 4) is 0 Å². The first-order valence-corrected chi connectivity index (χ1v) is 10.9. The van der Waals surface area contributed by atoms with Crippen LogP contribution in [0.4, 0.5) is 5.13 Å². The van der Waals surface area contributed by atoms with Crippen molar-refractivity contribution in [1.82, 2.24) is 10.2 Å². The molecule has 146 valence electrons. The third-order valence-electron chi connectivity index (χ3n) is 3.75. The number of carbonyl (C=O) groups is 1. The fourth-order valence-corrected chi connectivity index (χ4v) is 4.78. The molecule has 0 unspecified atom stereocenters. The predicted octanol–water partition coefficient (Wildman–Crippen LogP) is 3.70. The second-order valence-electron chi connectivity index (χ2n) is 5.72. The summed E-state index contributed by atoms with van der Waals surface area (Å²) in [7, 11) is -3.84. The van der Waals surface area contributed by atoms with Crippen LogP contribution in [-0.2, 0) is 21.2 Å². The van der Waals surface area contributed by atoms with Gasteiger partial charge in [-0.05, 0) is 36.8 Å². The number of carbonyl (C=O) groups excluding carboxylic acids is 1. The summed E-state index contributed by atoms with van der Waals surface area (Å²) in [6.07, 6.45) is 0.328. The second-order valence-corrected chi connectivity index (χ2v) is 8.84. The molecule has 28 heavy (non-hydrogen) atoms. The van der Waals surface area contributed by atoms with E-state index in [1.165, 1.54) is 6.07 Å². The van der Waals surface area contributed by atoms with Crippen LogP contribution < -0.4 is 4.72 Å². The molecule has 0 saturated carbocycles. The third kappa shape index (κ3) is 4.86. The Hall–Kier alpha value is -2.49. The minimum absolute atomic E-state index is 0.0774. The van der Waals surface area contributed by atoms with E-state index >= 15 is 0 Å². The van der Waals surface area contributed by atoms with Crippen molar-refractivity contribution in [3.63, 3.8) is 0 Å². The number of halogens is 1. The van der Waals surface area contributed by atoms with Gasteiger partial charge in [0, 0.05) is 11.4 Å². The normalized spacial score (nSPS) is 11.2. The van der Waals surface area contributed by atoms with E-state index in [9.17, 15) is 13.2 Å². The molecule has 0 spiro atoms. The highest BCUT2D eigenvalue weighted by Gasteiger charge is 2.20. The van der Waals surface area contributed by atoms with E-state index in [-0.39, 0.29) is 16.6 Å². The van der Waals surface area contributed by atoms with Gasteiger partial charge in [0.1, 0.15) is 5.01 Å². The predicted molar refractivity (Wildman–Crippen MR) is 107 cm³/mol. The van der Waals surface area contributed by atoms with Gasteiger partial charge in [0.25, 0.3) is 10.0 Å². The minimum atomic E-state index is -3.84. The number of rotatable bonds is 7. The van der Waals surface area contributed by atoms with Gasteiger partial charge in [-0.1, -0.05) is 47.2 Å². The second kappa shape index (κ2) is 8.68. The van der Waals surface area contributed by atoms with Gasteiger partial charge in [0.2, 0.25) is 5.13 Å². The van der Waals surface area contributed by atoms with E-state index in [2.05, 4.69) is 14.9 Å². The monoisotopic (exact) mass is 437 g/mol. The first-order valence-electron chi connectivity index (χ1n) is 8.19. The molecule has 0 aliphatic carbocycles.